The summed E-state index contributed by atoms with van der Waals surface area (Å²) in [5, 5.41) is 6.76. The largest absolute Gasteiger partial charge is 0.492 e. The Labute approximate surface area is 197 Å². The fraction of sp³-hybridized carbons (Fsp3) is 0.667. The normalized spacial score (nSPS) is 12.8. The van der Waals surface area contributed by atoms with Crippen molar-refractivity contribution in [2.24, 2.45) is 5.41 Å². The van der Waals surface area contributed by atoms with Crippen LogP contribution in [0.1, 0.15) is 58.8 Å². The molecule has 0 atom stereocenters. The van der Waals surface area contributed by atoms with Gasteiger partial charge in [0.1, 0.15) is 24.7 Å². The SMILES string of the molecule is CC(C)(I)NCCOc1cc(OCCNC(C)(C)I)cc(C(=O)C(C)(C)C)c1. The van der Waals surface area contributed by atoms with E-state index in [1.807, 2.05) is 39.0 Å². The van der Waals surface area contributed by atoms with Gasteiger partial charge in [0.2, 0.25) is 0 Å². The van der Waals surface area contributed by atoms with Gasteiger partial charge in [-0.2, -0.15) is 0 Å². The molecular weight excluding hydrogens is 582 g/mol. The summed E-state index contributed by atoms with van der Waals surface area (Å²) in [6.45, 7) is 16.6. The van der Waals surface area contributed by atoms with Crippen molar-refractivity contribution in [2.75, 3.05) is 26.3 Å². The molecule has 5 nitrogen and oxygen atoms in total. The van der Waals surface area contributed by atoms with E-state index in [9.17, 15) is 4.79 Å². The fourth-order valence-electron chi connectivity index (χ4n) is 2.34. The van der Waals surface area contributed by atoms with Crippen LogP contribution in [0.15, 0.2) is 18.2 Å². The van der Waals surface area contributed by atoms with Gasteiger partial charge in [0.15, 0.2) is 5.78 Å². The van der Waals surface area contributed by atoms with E-state index in [1.165, 1.54) is 0 Å². The van der Waals surface area contributed by atoms with Crippen molar-refractivity contribution in [2.45, 2.75) is 55.6 Å². The first kappa shape index (κ1) is 25.9. The summed E-state index contributed by atoms with van der Waals surface area (Å²) in [5.41, 5.74) is 0.152. The molecule has 0 aliphatic heterocycles. The molecule has 0 aromatic heterocycles. The summed E-state index contributed by atoms with van der Waals surface area (Å²) in [5.74, 6) is 1.38. The van der Waals surface area contributed by atoms with Gasteiger partial charge in [0.25, 0.3) is 0 Å². The zero-order valence-corrected chi connectivity index (χ0v) is 22.4. The molecule has 0 aliphatic carbocycles. The standard InChI is InChI=1S/C21H34I2N2O3/c1-19(2,3)18(26)15-12-16(27-10-8-24-20(4,5)22)14-17(13-15)28-11-9-25-21(6,7)23/h12-14,24-25H,8-11H2,1-7H3. The van der Waals surface area contributed by atoms with Gasteiger partial charge in [-0.1, -0.05) is 66.0 Å². The smallest absolute Gasteiger partial charge is 0.168 e. The lowest BCUT2D eigenvalue weighted by atomic mass is 9.86. The Morgan fingerprint density at radius 1 is 0.821 bits per heavy atom. The topological polar surface area (TPSA) is 59.6 Å². The number of Topliss-reactive ketones (excluding diaryl/α,β-unsaturated/α-hetero) is 1. The lowest BCUT2D eigenvalue weighted by Crippen LogP contribution is -2.35. The molecule has 160 valence electrons. The van der Waals surface area contributed by atoms with Gasteiger partial charge < -0.3 is 20.1 Å². The molecule has 0 bridgehead atoms. The molecule has 0 aliphatic rings. The third-order valence-corrected chi connectivity index (χ3v) is 4.42. The molecule has 1 rings (SSSR count). The first-order chi connectivity index (χ1) is 12.7. The highest BCUT2D eigenvalue weighted by Gasteiger charge is 2.24. The van der Waals surface area contributed by atoms with Crippen LogP contribution in [-0.2, 0) is 0 Å². The first-order valence-electron chi connectivity index (χ1n) is 9.51. The summed E-state index contributed by atoms with van der Waals surface area (Å²) in [6.07, 6.45) is 0. The van der Waals surface area contributed by atoms with Crippen LogP contribution in [0.3, 0.4) is 0 Å². The molecule has 0 heterocycles. The van der Waals surface area contributed by atoms with Gasteiger partial charge in [-0.3, -0.25) is 4.79 Å². The Hall–Kier alpha value is -0.130. The van der Waals surface area contributed by atoms with Gasteiger partial charge in [-0.15, -0.1) is 0 Å². The van der Waals surface area contributed by atoms with Crippen molar-refractivity contribution in [3.8, 4) is 11.5 Å². The van der Waals surface area contributed by atoms with Gasteiger partial charge in [0.05, 0.1) is 7.09 Å². The average molecular weight is 616 g/mol. The molecule has 1 aromatic rings. The second-order valence-corrected chi connectivity index (χ2v) is 14.2. The van der Waals surface area contributed by atoms with Crippen LogP contribution >= 0.6 is 45.2 Å². The average Bonchev–Trinajstić information content (AvgIpc) is 2.52. The monoisotopic (exact) mass is 616 g/mol. The van der Waals surface area contributed by atoms with Crippen molar-refractivity contribution < 1.29 is 14.3 Å². The molecule has 0 fully saturated rings. The maximum absolute atomic E-state index is 12.8. The number of benzene rings is 1. The van der Waals surface area contributed by atoms with E-state index < -0.39 is 5.41 Å². The van der Waals surface area contributed by atoms with Gasteiger partial charge in [-0.25, -0.2) is 0 Å². The lowest BCUT2D eigenvalue weighted by molar-refractivity contribution is 0.0857. The molecule has 0 unspecified atom stereocenters. The highest BCUT2D eigenvalue weighted by Crippen LogP contribution is 2.28. The number of rotatable bonds is 11. The predicted molar refractivity (Wildman–Crippen MR) is 133 cm³/mol. The second-order valence-electron chi connectivity index (χ2n) is 8.77. The molecule has 2 N–H and O–H groups in total. The highest BCUT2D eigenvalue weighted by molar-refractivity contribution is 14.1. The van der Waals surface area contributed by atoms with E-state index in [4.69, 9.17) is 9.47 Å². The van der Waals surface area contributed by atoms with Crippen LogP contribution in [0, 0.1) is 5.41 Å². The van der Waals surface area contributed by atoms with Gasteiger partial charge >= 0.3 is 0 Å². The quantitative estimate of drug-likeness (QED) is 0.118. The number of carbonyl (C=O) groups is 1. The molecule has 1 aromatic carbocycles. The highest BCUT2D eigenvalue weighted by atomic mass is 127. The number of ether oxygens (including phenoxy) is 2. The summed E-state index contributed by atoms with van der Waals surface area (Å²) < 4.78 is 11.8. The molecule has 0 spiro atoms. The molecule has 7 heteroatoms. The van der Waals surface area contributed by atoms with E-state index >= 15 is 0 Å². The van der Waals surface area contributed by atoms with Crippen LogP contribution in [0.5, 0.6) is 11.5 Å². The van der Waals surface area contributed by atoms with Crippen LogP contribution in [-0.4, -0.2) is 39.2 Å². The van der Waals surface area contributed by atoms with Crippen LogP contribution in [0.2, 0.25) is 0 Å². The maximum atomic E-state index is 12.8. The molecule has 0 saturated heterocycles. The minimum absolute atomic E-state index is 0.0128. The summed E-state index contributed by atoms with van der Waals surface area (Å²) in [6, 6.07) is 5.47. The molecule has 0 amide bonds. The second kappa shape index (κ2) is 10.8. The van der Waals surface area contributed by atoms with Crippen molar-refractivity contribution in [3.63, 3.8) is 0 Å². The van der Waals surface area contributed by atoms with Crippen molar-refractivity contribution in [1.29, 1.82) is 0 Å². The Morgan fingerprint density at radius 3 is 1.54 bits per heavy atom. The predicted octanol–water partition coefficient (Wildman–Crippen LogP) is 5.19. The number of halogens is 2. The molecule has 0 radical (unpaired) electrons. The number of ketones is 1. The van der Waals surface area contributed by atoms with Gasteiger partial charge in [0, 0.05) is 30.1 Å². The van der Waals surface area contributed by atoms with E-state index in [1.54, 1.807) is 0 Å². The minimum Gasteiger partial charge on any atom is -0.492 e. The number of hydrogen-bond acceptors (Lipinski definition) is 5. The van der Waals surface area contributed by atoms with Gasteiger partial charge in [-0.05, 0) is 39.8 Å². The zero-order valence-electron chi connectivity index (χ0n) is 18.0. The Morgan fingerprint density at radius 2 is 1.21 bits per heavy atom. The minimum atomic E-state index is -0.463. The van der Waals surface area contributed by atoms with E-state index in [2.05, 4.69) is 83.5 Å². The van der Waals surface area contributed by atoms with Crippen LogP contribution in [0.4, 0.5) is 0 Å². The maximum Gasteiger partial charge on any atom is 0.168 e. The zero-order chi connectivity index (χ0) is 21.6. The number of nitrogens with one attached hydrogen (secondary N) is 2. The van der Waals surface area contributed by atoms with E-state index in [0.29, 0.717) is 30.3 Å². The fourth-order valence-corrected chi connectivity index (χ4v) is 2.88. The summed E-state index contributed by atoms with van der Waals surface area (Å²) in [4.78, 5) is 12.8. The lowest BCUT2D eigenvalue weighted by Gasteiger charge is -2.21. The van der Waals surface area contributed by atoms with Crippen molar-refractivity contribution in [3.05, 3.63) is 23.8 Å². The summed E-state index contributed by atoms with van der Waals surface area (Å²) >= 11 is 4.69. The third kappa shape index (κ3) is 11.2. The Kier molecular flexibility index (Phi) is 9.96. The van der Waals surface area contributed by atoms with E-state index in [-0.39, 0.29) is 12.9 Å². The van der Waals surface area contributed by atoms with E-state index in [0.717, 1.165) is 13.1 Å². The first-order valence-corrected chi connectivity index (χ1v) is 11.7. The molecular formula is C21H34I2N2O3. The number of alkyl halides is 2. The summed E-state index contributed by atoms with van der Waals surface area (Å²) in [7, 11) is 0. The Balaban J connectivity index is 2.84. The third-order valence-electron chi connectivity index (χ3n) is 3.66. The van der Waals surface area contributed by atoms with Crippen molar-refractivity contribution >= 4 is 51.0 Å². The van der Waals surface area contributed by atoms with Crippen molar-refractivity contribution in [1.82, 2.24) is 10.6 Å². The molecule has 28 heavy (non-hydrogen) atoms. The number of carbonyl (C=O) groups excluding carboxylic acids is 1. The number of hydrogen-bond donors (Lipinski definition) is 2. The van der Waals surface area contributed by atoms with Crippen LogP contribution < -0.4 is 20.1 Å². The Bertz CT molecular complexity index is 604. The van der Waals surface area contributed by atoms with Crippen LogP contribution in [0.25, 0.3) is 0 Å². The molecule has 0 saturated carbocycles.